The van der Waals surface area contributed by atoms with Crippen molar-refractivity contribution in [1.29, 1.82) is 0 Å². The molecule has 3 rings (SSSR count). The number of anilines is 1. The number of nitrogens with zero attached hydrogens (tertiary/aromatic N) is 3. The Hall–Kier alpha value is -1.91. The third-order valence-electron chi connectivity index (χ3n) is 3.55. The highest BCUT2D eigenvalue weighted by molar-refractivity contribution is 8.00. The van der Waals surface area contributed by atoms with Crippen molar-refractivity contribution in [2.24, 2.45) is 0 Å². The minimum atomic E-state index is -0.399. The molecular weight excluding hydrogens is 364 g/mol. The molecule has 25 heavy (non-hydrogen) atoms. The number of benzene rings is 1. The van der Waals surface area contributed by atoms with E-state index in [1.807, 2.05) is 0 Å². The Morgan fingerprint density at radius 2 is 2.32 bits per heavy atom. The lowest BCUT2D eigenvalue weighted by atomic mass is 10.1. The van der Waals surface area contributed by atoms with Gasteiger partial charge in [0.05, 0.1) is 11.5 Å². The molecule has 1 aliphatic heterocycles. The first-order valence-electron chi connectivity index (χ1n) is 7.88. The lowest BCUT2D eigenvalue weighted by Gasteiger charge is -2.20. The lowest BCUT2D eigenvalue weighted by Crippen LogP contribution is -2.13. The number of hydrogen-bond donors (Lipinski definition) is 1. The standard InChI is InChI=1S/C15H18N4O4S2/c1-2-3-4-16-14-17-18-15(25-14)24-8-11-6-12(19(20)21)5-10-7-22-9-23-13(10)11/h5-6H,2-4,7-9H2,1H3,(H,16,17). The molecular formula is C15H18N4O4S2. The highest BCUT2D eigenvalue weighted by atomic mass is 32.2. The van der Waals surface area contributed by atoms with Crippen LogP contribution in [-0.2, 0) is 17.1 Å². The van der Waals surface area contributed by atoms with Gasteiger partial charge in [0.15, 0.2) is 11.1 Å². The van der Waals surface area contributed by atoms with E-state index in [1.54, 1.807) is 6.07 Å². The largest absolute Gasteiger partial charge is 0.467 e. The molecule has 0 saturated heterocycles. The number of ether oxygens (including phenoxy) is 2. The van der Waals surface area contributed by atoms with Gasteiger partial charge in [-0.3, -0.25) is 10.1 Å². The Balaban J connectivity index is 1.70. The second-order valence-electron chi connectivity index (χ2n) is 5.40. The zero-order valence-corrected chi connectivity index (χ0v) is 15.3. The summed E-state index contributed by atoms with van der Waals surface area (Å²) in [6.07, 6.45) is 2.20. The molecule has 0 amide bonds. The predicted molar refractivity (Wildman–Crippen MR) is 96.2 cm³/mol. The summed E-state index contributed by atoms with van der Waals surface area (Å²) in [6, 6.07) is 3.06. The van der Waals surface area contributed by atoms with Crippen LogP contribution in [0, 0.1) is 10.1 Å². The summed E-state index contributed by atoms with van der Waals surface area (Å²) in [6.45, 7) is 3.49. The molecule has 0 aliphatic carbocycles. The number of nitro benzene ring substituents is 1. The molecule has 0 spiro atoms. The van der Waals surface area contributed by atoms with Gasteiger partial charge in [-0.15, -0.1) is 10.2 Å². The molecule has 1 aliphatic rings. The second-order valence-corrected chi connectivity index (χ2v) is 7.60. The smallest absolute Gasteiger partial charge is 0.270 e. The third kappa shape index (κ3) is 4.59. The molecule has 0 saturated carbocycles. The number of fused-ring (bicyclic) bond motifs is 1. The van der Waals surface area contributed by atoms with E-state index in [9.17, 15) is 10.1 Å². The van der Waals surface area contributed by atoms with Gasteiger partial charge in [-0.1, -0.05) is 36.4 Å². The third-order valence-corrected chi connectivity index (χ3v) is 5.61. The van der Waals surface area contributed by atoms with Crippen molar-refractivity contribution in [3.8, 4) is 5.75 Å². The first-order valence-corrected chi connectivity index (χ1v) is 9.68. The van der Waals surface area contributed by atoms with E-state index in [-0.39, 0.29) is 12.5 Å². The van der Waals surface area contributed by atoms with E-state index in [0.717, 1.165) is 34.4 Å². The summed E-state index contributed by atoms with van der Waals surface area (Å²) < 4.78 is 11.6. The van der Waals surface area contributed by atoms with Gasteiger partial charge in [-0.05, 0) is 6.42 Å². The minimum Gasteiger partial charge on any atom is -0.467 e. The zero-order chi connectivity index (χ0) is 17.6. The Bertz CT molecular complexity index is 753. The summed E-state index contributed by atoms with van der Waals surface area (Å²) in [5.74, 6) is 1.20. The zero-order valence-electron chi connectivity index (χ0n) is 13.7. The summed E-state index contributed by atoms with van der Waals surface area (Å²) >= 11 is 2.97. The maximum atomic E-state index is 11.1. The molecule has 10 heteroatoms. The number of nitrogens with one attached hydrogen (secondary N) is 1. The molecule has 0 atom stereocenters. The molecule has 1 aromatic heterocycles. The molecule has 0 bridgehead atoms. The minimum absolute atomic E-state index is 0.0441. The molecule has 0 radical (unpaired) electrons. The van der Waals surface area contributed by atoms with Gasteiger partial charge in [0.1, 0.15) is 5.75 Å². The van der Waals surface area contributed by atoms with Crippen molar-refractivity contribution in [2.45, 2.75) is 36.5 Å². The van der Waals surface area contributed by atoms with Crippen LogP contribution in [0.25, 0.3) is 0 Å². The normalized spacial score (nSPS) is 13.2. The van der Waals surface area contributed by atoms with Crippen molar-refractivity contribution >= 4 is 33.9 Å². The van der Waals surface area contributed by atoms with Gasteiger partial charge < -0.3 is 14.8 Å². The van der Waals surface area contributed by atoms with E-state index in [2.05, 4.69) is 22.4 Å². The van der Waals surface area contributed by atoms with Crippen LogP contribution in [0.15, 0.2) is 16.5 Å². The fourth-order valence-electron chi connectivity index (χ4n) is 2.34. The fraction of sp³-hybridized carbons (Fsp3) is 0.467. The molecule has 2 heterocycles. The predicted octanol–water partition coefficient (Wildman–Crippen LogP) is 3.82. The van der Waals surface area contributed by atoms with Gasteiger partial charge in [-0.2, -0.15) is 0 Å². The number of rotatable bonds is 8. The van der Waals surface area contributed by atoms with Crippen molar-refractivity contribution < 1.29 is 14.4 Å². The SMILES string of the molecule is CCCCNc1nnc(SCc2cc([N+](=O)[O-])cc3c2OCOC3)s1. The first kappa shape index (κ1) is 17.9. The van der Waals surface area contributed by atoms with Crippen LogP contribution in [0.1, 0.15) is 30.9 Å². The fourth-order valence-corrected chi connectivity index (χ4v) is 4.09. The number of nitro groups is 1. The molecule has 8 nitrogen and oxygen atoms in total. The van der Waals surface area contributed by atoms with Crippen LogP contribution in [0.2, 0.25) is 0 Å². The lowest BCUT2D eigenvalue weighted by molar-refractivity contribution is -0.385. The number of thioether (sulfide) groups is 1. The molecule has 0 unspecified atom stereocenters. The van der Waals surface area contributed by atoms with Gasteiger partial charge in [0, 0.05) is 35.6 Å². The molecule has 0 fully saturated rings. The summed E-state index contributed by atoms with van der Waals surface area (Å²) in [7, 11) is 0. The maximum Gasteiger partial charge on any atom is 0.270 e. The second kappa shape index (κ2) is 8.45. The van der Waals surface area contributed by atoms with E-state index in [1.165, 1.54) is 29.2 Å². The van der Waals surface area contributed by atoms with Crippen LogP contribution in [0.3, 0.4) is 0 Å². The Labute approximate surface area is 153 Å². The van der Waals surface area contributed by atoms with E-state index in [0.29, 0.717) is 23.7 Å². The molecule has 1 aromatic carbocycles. The number of hydrogen-bond acceptors (Lipinski definition) is 9. The van der Waals surface area contributed by atoms with Gasteiger partial charge >= 0.3 is 0 Å². The van der Waals surface area contributed by atoms with Gasteiger partial charge in [0.2, 0.25) is 5.13 Å². The van der Waals surface area contributed by atoms with Crippen LogP contribution in [-0.4, -0.2) is 28.5 Å². The van der Waals surface area contributed by atoms with Gasteiger partial charge in [-0.25, -0.2) is 0 Å². The first-order chi connectivity index (χ1) is 12.2. The van der Waals surface area contributed by atoms with E-state index < -0.39 is 4.92 Å². The average molecular weight is 382 g/mol. The van der Waals surface area contributed by atoms with E-state index >= 15 is 0 Å². The van der Waals surface area contributed by atoms with Crippen LogP contribution in [0.4, 0.5) is 10.8 Å². The van der Waals surface area contributed by atoms with E-state index in [4.69, 9.17) is 9.47 Å². The summed E-state index contributed by atoms with van der Waals surface area (Å²) in [5.41, 5.74) is 1.52. The monoisotopic (exact) mass is 382 g/mol. The average Bonchev–Trinajstić information content (AvgIpc) is 3.07. The number of non-ortho nitro benzene ring substituents is 1. The number of aromatic nitrogens is 2. The molecule has 1 N–H and O–H groups in total. The van der Waals surface area contributed by atoms with Crippen LogP contribution in [0.5, 0.6) is 5.75 Å². The van der Waals surface area contributed by atoms with Crippen molar-refractivity contribution in [2.75, 3.05) is 18.7 Å². The topological polar surface area (TPSA) is 99.4 Å². The van der Waals surface area contributed by atoms with Crippen LogP contribution >= 0.6 is 23.1 Å². The summed E-state index contributed by atoms with van der Waals surface area (Å²) in [4.78, 5) is 10.7. The number of unbranched alkanes of at least 4 members (excludes halogenated alkanes) is 1. The quantitative estimate of drug-likeness (QED) is 0.318. The molecule has 134 valence electrons. The molecule has 2 aromatic rings. The maximum absolute atomic E-state index is 11.1. The Morgan fingerprint density at radius 1 is 1.44 bits per heavy atom. The van der Waals surface area contributed by atoms with Crippen molar-refractivity contribution in [3.05, 3.63) is 33.4 Å². The van der Waals surface area contributed by atoms with Crippen LogP contribution < -0.4 is 10.1 Å². The van der Waals surface area contributed by atoms with Gasteiger partial charge in [0.25, 0.3) is 5.69 Å². The highest BCUT2D eigenvalue weighted by Gasteiger charge is 2.21. The summed E-state index contributed by atoms with van der Waals surface area (Å²) in [5, 5.41) is 23.4. The Morgan fingerprint density at radius 3 is 3.12 bits per heavy atom. The Kier molecular flexibility index (Phi) is 6.05. The van der Waals surface area contributed by atoms with Crippen molar-refractivity contribution in [3.63, 3.8) is 0 Å². The van der Waals surface area contributed by atoms with Crippen molar-refractivity contribution in [1.82, 2.24) is 10.2 Å². The highest BCUT2D eigenvalue weighted by Crippen LogP contribution is 2.37.